The van der Waals surface area contributed by atoms with Gasteiger partial charge in [0.2, 0.25) is 5.91 Å². The van der Waals surface area contributed by atoms with Gasteiger partial charge in [0.05, 0.1) is 29.8 Å². The van der Waals surface area contributed by atoms with Crippen LogP contribution in [0, 0.1) is 0 Å². The summed E-state index contributed by atoms with van der Waals surface area (Å²) in [7, 11) is 0. The van der Waals surface area contributed by atoms with Gasteiger partial charge in [-0.25, -0.2) is 8.78 Å². The summed E-state index contributed by atoms with van der Waals surface area (Å²) in [6, 6.07) is 13.3. The molecule has 29 heavy (non-hydrogen) atoms. The molecule has 2 amide bonds. The van der Waals surface area contributed by atoms with Crippen LogP contribution < -0.4 is 9.80 Å². The van der Waals surface area contributed by atoms with Crippen LogP contribution in [0.3, 0.4) is 0 Å². The molecule has 152 valence electrons. The van der Waals surface area contributed by atoms with Crippen LogP contribution in [-0.2, 0) is 16.0 Å². The lowest BCUT2D eigenvalue weighted by Gasteiger charge is -2.22. The molecule has 2 aromatic rings. The molecule has 2 aliphatic heterocycles. The third-order valence-corrected chi connectivity index (χ3v) is 5.01. The number of amides is 2. The van der Waals surface area contributed by atoms with Crippen molar-refractivity contribution in [1.29, 1.82) is 0 Å². The van der Waals surface area contributed by atoms with Gasteiger partial charge in [0.15, 0.2) is 0 Å². The average molecular weight is 400 g/mol. The first-order valence-corrected chi connectivity index (χ1v) is 9.39. The Labute approximate surface area is 167 Å². The van der Waals surface area contributed by atoms with Crippen LogP contribution >= 0.6 is 0 Å². The molecular formula is C22H22F2N2O3. The van der Waals surface area contributed by atoms with E-state index in [4.69, 9.17) is 0 Å². The summed E-state index contributed by atoms with van der Waals surface area (Å²) in [5.41, 5.74) is 2.74. The summed E-state index contributed by atoms with van der Waals surface area (Å²) < 4.78 is 25.0. The van der Waals surface area contributed by atoms with Crippen molar-refractivity contribution >= 4 is 29.0 Å². The Kier molecular flexibility index (Phi) is 6.06. The SMILES string of the molecule is CC(CF)N1C(=O)C(=O)c2ccccc21.CC(CF)N1C(=O)Cc2ccccc21. The summed E-state index contributed by atoms with van der Waals surface area (Å²) in [4.78, 5) is 37.4. The first kappa shape index (κ1) is 20.6. The zero-order valence-corrected chi connectivity index (χ0v) is 16.3. The minimum Gasteiger partial charge on any atom is -0.306 e. The Morgan fingerprint density at radius 2 is 1.38 bits per heavy atom. The molecule has 0 bridgehead atoms. The number of nitrogens with zero attached hydrogens (tertiary/aromatic N) is 2. The predicted molar refractivity (Wildman–Crippen MR) is 107 cm³/mol. The molecule has 2 unspecified atom stereocenters. The van der Waals surface area contributed by atoms with Crippen molar-refractivity contribution in [2.75, 3.05) is 23.1 Å². The number of ketones is 1. The molecule has 0 radical (unpaired) electrons. The maximum atomic E-state index is 12.5. The zero-order valence-electron chi connectivity index (χ0n) is 16.3. The lowest BCUT2D eigenvalue weighted by Crippen LogP contribution is -2.38. The fourth-order valence-electron chi connectivity index (χ4n) is 3.55. The van der Waals surface area contributed by atoms with E-state index in [0.29, 0.717) is 17.7 Å². The minimum absolute atomic E-state index is 0.00338. The van der Waals surface area contributed by atoms with E-state index in [9.17, 15) is 23.2 Å². The second-order valence-corrected chi connectivity index (χ2v) is 7.10. The number of halogens is 2. The topological polar surface area (TPSA) is 57.7 Å². The molecular weight excluding hydrogens is 378 g/mol. The van der Waals surface area contributed by atoms with Gasteiger partial charge in [-0.3, -0.25) is 19.3 Å². The first-order chi connectivity index (χ1) is 13.9. The number of carbonyl (C=O) groups excluding carboxylic acids is 3. The molecule has 0 N–H and O–H groups in total. The van der Waals surface area contributed by atoms with Crippen LogP contribution in [0.15, 0.2) is 48.5 Å². The lowest BCUT2D eigenvalue weighted by atomic mass is 10.1. The number of anilines is 2. The number of hydrogen-bond donors (Lipinski definition) is 0. The van der Waals surface area contributed by atoms with Gasteiger partial charge in [-0.05, 0) is 37.6 Å². The van der Waals surface area contributed by atoms with Crippen molar-refractivity contribution < 1.29 is 23.2 Å². The molecule has 2 heterocycles. The highest BCUT2D eigenvalue weighted by Gasteiger charge is 2.38. The molecule has 0 aromatic heterocycles. The fourth-order valence-corrected chi connectivity index (χ4v) is 3.55. The molecule has 2 atom stereocenters. The van der Waals surface area contributed by atoms with Crippen LogP contribution in [0.1, 0.15) is 29.8 Å². The maximum absolute atomic E-state index is 12.5. The second kappa shape index (κ2) is 8.51. The Balaban J connectivity index is 0.000000166. The third kappa shape index (κ3) is 3.77. The van der Waals surface area contributed by atoms with E-state index in [1.165, 1.54) is 4.90 Å². The highest BCUT2D eigenvalue weighted by Crippen LogP contribution is 2.31. The molecule has 2 aliphatic rings. The smallest absolute Gasteiger partial charge is 0.299 e. The number of alkyl halides is 2. The Hall–Kier alpha value is -3.09. The van der Waals surface area contributed by atoms with Gasteiger partial charge in [0.1, 0.15) is 13.3 Å². The monoisotopic (exact) mass is 400 g/mol. The number of fused-ring (bicyclic) bond motifs is 2. The highest BCUT2D eigenvalue weighted by molar-refractivity contribution is 6.52. The van der Waals surface area contributed by atoms with E-state index in [-0.39, 0.29) is 11.9 Å². The summed E-state index contributed by atoms with van der Waals surface area (Å²) in [6.45, 7) is 2.14. The van der Waals surface area contributed by atoms with Crippen molar-refractivity contribution in [3.05, 3.63) is 59.7 Å². The van der Waals surface area contributed by atoms with Gasteiger partial charge in [0.25, 0.3) is 11.7 Å². The molecule has 5 nitrogen and oxygen atoms in total. The van der Waals surface area contributed by atoms with Crippen LogP contribution in [0.25, 0.3) is 0 Å². The molecule has 0 aliphatic carbocycles. The normalized spacial score (nSPS) is 16.9. The van der Waals surface area contributed by atoms with Crippen LogP contribution in [0.2, 0.25) is 0 Å². The van der Waals surface area contributed by atoms with Crippen LogP contribution in [0.4, 0.5) is 20.2 Å². The lowest BCUT2D eigenvalue weighted by molar-refractivity contribution is -0.118. The molecule has 7 heteroatoms. The second-order valence-electron chi connectivity index (χ2n) is 7.10. The van der Waals surface area contributed by atoms with E-state index < -0.39 is 31.1 Å². The van der Waals surface area contributed by atoms with Crippen LogP contribution in [0.5, 0.6) is 0 Å². The van der Waals surface area contributed by atoms with E-state index in [2.05, 4.69) is 0 Å². The molecule has 0 fully saturated rings. The van der Waals surface area contributed by atoms with Gasteiger partial charge in [-0.1, -0.05) is 30.3 Å². The zero-order chi connectivity index (χ0) is 21.1. The maximum Gasteiger partial charge on any atom is 0.299 e. The van der Waals surface area contributed by atoms with Gasteiger partial charge < -0.3 is 4.90 Å². The third-order valence-electron chi connectivity index (χ3n) is 5.01. The summed E-state index contributed by atoms with van der Waals surface area (Å²) in [6.07, 6.45) is 0.403. The number of para-hydroxylation sites is 2. The molecule has 0 spiro atoms. The van der Waals surface area contributed by atoms with E-state index in [0.717, 1.165) is 11.3 Å². The van der Waals surface area contributed by atoms with E-state index >= 15 is 0 Å². The summed E-state index contributed by atoms with van der Waals surface area (Å²) >= 11 is 0. The standard InChI is InChI=1S/C11H10FNO2.C11H12FNO/c1-7(6-12)13-9-5-3-2-4-8(9)10(14)11(13)15;1-8(7-12)13-10-5-3-2-4-9(10)6-11(13)14/h2-5,7H,6H2,1H3;2-5,8H,6-7H2,1H3. The van der Waals surface area contributed by atoms with Crippen molar-refractivity contribution in [1.82, 2.24) is 0 Å². The van der Waals surface area contributed by atoms with E-state index in [1.54, 1.807) is 43.0 Å². The van der Waals surface area contributed by atoms with Crippen molar-refractivity contribution in [3.8, 4) is 0 Å². The molecule has 0 saturated carbocycles. The Bertz CT molecular complexity index is 947. The van der Waals surface area contributed by atoms with Gasteiger partial charge in [-0.15, -0.1) is 0 Å². The number of carbonyl (C=O) groups is 3. The van der Waals surface area contributed by atoms with Crippen molar-refractivity contribution in [3.63, 3.8) is 0 Å². The highest BCUT2D eigenvalue weighted by atomic mass is 19.1. The van der Waals surface area contributed by atoms with Gasteiger partial charge in [-0.2, -0.15) is 0 Å². The van der Waals surface area contributed by atoms with Crippen molar-refractivity contribution in [2.24, 2.45) is 0 Å². The van der Waals surface area contributed by atoms with Crippen molar-refractivity contribution in [2.45, 2.75) is 32.4 Å². The van der Waals surface area contributed by atoms with Gasteiger partial charge >= 0.3 is 0 Å². The number of benzene rings is 2. The summed E-state index contributed by atoms with van der Waals surface area (Å²) in [5.74, 6) is -1.19. The Morgan fingerprint density at radius 1 is 0.828 bits per heavy atom. The quantitative estimate of drug-likeness (QED) is 0.738. The predicted octanol–water partition coefficient (Wildman–Crippen LogP) is 3.51. The number of hydrogen-bond acceptors (Lipinski definition) is 3. The summed E-state index contributed by atoms with van der Waals surface area (Å²) in [5, 5.41) is 0. The van der Waals surface area contributed by atoms with E-state index in [1.807, 2.05) is 24.3 Å². The molecule has 2 aromatic carbocycles. The Morgan fingerprint density at radius 3 is 2.03 bits per heavy atom. The largest absolute Gasteiger partial charge is 0.306 e. The van der Waals surface area contributed by atoms with Gasteiger partial charge in [0, 0.05) is 5.69 Å². The average Bonchev–Trinajstić information content (AvgIpc) is 3.21. The first-order valence-electron chi connectivity index (χ1n) is 9.39. The fraction of sp³-hybridized carbons (Fsp3) is 0.318. The number of Topliss-reactive ketones (excluding diaryl/α,β-unsaturated/α-hetero) is 1. The van der Waals surface area contributed by atoms with Crippen LogP contribution in [-0.4, -0.2) is 43.0 Å². The molecule has 0 saturated heterocycles. The minimum atomic E-state index is -0.659. The number of rotatable bonds is 4. The molecule has 4 rings (SSSR count).